The van der Waals surface area contributed by atoms with E-state index < -0.39 is 0 Å². The monoisotopic (exact) mass is 405 g/mol. The molecule has 30 heavy (non-hydrogen) atoms. The zero-order chi connectivity index (χ0) is 20.5. The normalized spacial score (nSPS) is 16.3. The van der Waals surface area contributed by atoms with Crippen LogP contribution in [0.15, 0.2) is 41.6 Å². The minimum atomic E-state index is -0.0891. The summed E-state index contributed by atoms with van der Waals surface area (Å²) < 4.78 is 10.9. The molecule has 0 aliphatic carbocycles. The molecule has 2 aliphatic rings. The largest absolute Gasteiger partial charge is 0.454 e. The zero-order valence-electron chi connectivity index (χ0n) is 16.8. The average Bonchev–Trinajstić information content (AvgIpc) is 3.22. The Kier molecular flexibility index (Phi) is 4.92. The summed E-state index contributed by atoms with van der Waals surface area (Å²) >= 11 is 0. The molecule has 5 rings (SSSR count). The fourth-order valence-electron chi connectivity index (χ4n) is 4.16. The van der Waals surface area contributed by atoms with Crippen LogP contribution >= 0.6 is 0 Å². The first-order valence-corrected chi connectivity index (χ1v) is 10.1. The van der Waals surface area contributed by atoms with Crippen LogP contribution in [0.5, 0.6) is 11.5 Å². The minimum absolute atomic E-state index is 0.0891. The van der Waals surface area contributed by atoms with Crippen molar-refractivity contribution in [2.24, 2.45) is 5.92 Å². The minimum Gasteiger partial charge on any atom is -0.454 e. The first-order chi connectivity index (χ1) is 14.7. The van der Waals surface area contributed by atoms with Crippen molar-refractivity contribution in [3.8, 4) is 23.0 Å². The maximum Gasteiger partial charge on any atom is 0.255 e. The van der Waals surface area contributed by atoms with Gasteiger partial charge in [-0.2, -0.15) is 0 Å². The Morgan fingerprint density at radius 1 is 1.23 bits per heavy atom. The molecular formula is C22H23N5O3. The molecule has 0 amide bonds. The summed E-state index contributed by atoms with van der Waals surface area (Å²) in [7, 11) is 0. The molecule has 1 aromatic carbocycles. The van der Waals surface area contributed by atoms with Gasteiger partial charge in [0.1, 0.15) is 5.69 Å². The SMILES string of the molecule is C[C@@H](Cc1ccc2c(c1)OCO2)CN1CCc2nc(-c3cnccn3)[nH]c(=O)c2C1. The number of nitrogens with zero attached hydrogens (tertiary/aromatic N) is 4. The summed E-state index contributed by atoms with van der Waals surface area (Å²) in [5, 5.41) is 0. The lowest BCUT2D eigenvalue weighted by molar-refractivity contribution is 0.174. The van der Waals surface area contributed by atoms with Crippen LogP contribution < -0.4 is 15.0 Å². The summed E-state index contributed by atoms with van der Waals surface area (Å²) in [6, 6.07) is 6.13. The Morgan fingerprint density at radius 3 is 3.00 bits per heavy atom. The summed E-state index contributed by atoms with van der Waals surface area (Å²) in [4.78, 5) is 30.8. The molecule has 0 radical (unpaired) electrons. The van der Waals surface area contributed by atoms with Crippen molar-refractivity contribution in [1.29, 1.82) is 0 Å². The number of hydrogen-bond donors (Lipinski definition) is 1. The van der Waals surface area contributed by atoms with Gasteiger partial charge in [-0.3, -0.25) is 14.7 Å². The fraction of sp³-hybridized carbons (Fsp3) is 0.364. The van der Waals surface area contributed by atoms with Gasteiger partial charge in [0.25, 0.3) is 5.56 Å². The van der Waals surface area contributed by atoms with Gasteiger partial charge in [-0.1, -0.05) is 13.0 Å². The molecule has 0 bridgehead atoms. The molecule has 1 atom stereocenters. The Morgan fingerprint density at radius 2 is 2.13 bits per heavy atom. The lowest BCUT2D eigenvalue weighted by Crippen LogP contribution is -2.38. The predicted octanol–water partition coefficient (Wildman–Crippen LogP) is 2.19. The third-order valence-electron chi connectivity index (χ3n) is 5.54. The highest BCUT2D eigenvalue weighted by atomic mass is 16.7. The number of H-pyrrole nitrogens is 1. The van der Waals surface area contributed by atoms with Crippen LogP contribution in [0.4, 0.5) is 0 Å². The van der Waals surface area contributed by atoms with Gasteiger partial charge in [-0.25, -0.2) is 9.97 Å². The van der Waals surface area contributed by atoms with Crippen LogP contribution in [0, 0.1) is 5.92 Å². The van der Waals surface area contributed by atoms with Gasteiger partial charge in [-0.05, 0) is 30.0 Å². The second kappa shape index (κ2) is 7.87. The first-order valence-electron chi connectivity index (χ1n) is 10.1. The van der Waals surface area contributed by atoms with Crippen LogP contribution in [0.2, 0.25) is 0 Å². The van der Waals surface area contributed by atoms with E-state index in [2.05, 4.69) is 43.9 Å². The van der Waals surface area contributed by atoms with Crippen molar-refractivity contribution in [3.05, 3.63) is 64.0 Å². The number of ether oxygens (including phenoxy) is 2. The molecule has 2 aliphatic heterocycles. The van der Waals surface area contributed by atoms with E-state index in [1.54, 1.807) is 18.6 Å². The summed E-state index contributed by atoms with van der Waals surface area (Å²) in [5.41, 5.74) is 3.34. The number of aromatic amines is 1. The quantitative estimate of drug-likeness (QED) is 0.695. The molecule has 2 aromatic heterocycles. The highest BCUT2D eigenvalue weighted by Crippen LogP contribution is 2.33. The third kappa shape index (κ3) is 3.78. The average molecular weight is 405 g/mol. The third-order valence-corrected chi connectivity index (χ3v) is 5.54. The molecule has 8 heteroatoms. The van der Waals surface area contributed by atoms with E-state index in [1.165, 1.54) is 5.56 Å². The van der Waals surface area contributed by atoms with Crippen molar-refractivity contribution in [3.63, 3.8) is 0 Å². The maximum atomic E-state index is 12.7. The smallest absolute Gasteiger partial charge is 0.255 e. The van der Waals surface area contributed by atoms with Gasteiger partial charge in [-0.15, -0.1) is 0 Å². The van der Waals surface area contributed by atoms with Crippen molar-refractivity contribution in [1.82, 2.24) is 24.8 Å². The fourth-order valence-corrected chi connectivity index (χ4v) is 4.16. The lowest BCUT2D eigenvalue weighted by Gasteiger charge is -2.30. The topological polar surface area (TPSA) is 93.2 Å². The predicted molar refractivity (Wildman–Crippen MR) is 110 cm³/mol. The number of nitrogens with one attached hydrogen (secondary N) is 1. The number of hydrogen-bond acceptors (Lipinski definition) is 7. The molecule has 0 fully saturated rings. The van der Waals surface area contributed by atoms with Gasteiger partial charge in [0.15, 0.2) is 17.3 Å². The molecule has 3 aromatic rings. The Bertz CT molecular complexity index is 1120. The van der Waals surface area contributed by atoms with E-state index in [-0.39, 0.29) is 5.56 Å². The van der Waals surface area contributed by atoms with Crippen LogP contribution in [-0.2, 0) is 19.4 Å². The van der Waals surface area contributed by atoms with E-state index in [9.17, 15) is 4.79 Å². The van der Waals surface area contributed by atoms with Gasteiger partial charge in [0.2, 0.25) is 6.79 Å². The number of fused-ring (bicyclic) bond motifs is 2. The highest BCUT2D eigenvalue weighted by molar-refractivity contribution is 5.47. The Hall–Kier alpha value is -3.26. The van der Waals surface area contributed by atoms with E-state index >= 15 is 0 Å². The molecular weight excluding hydrogens is 382 g/mol. The maximum absolute atomic E-state index is 12.7. The molecule has 8 nitrogen and oxygen atoms in total. The summed E-state index contributed by atoms with van der Waals surface area (Å²) in [6.07, 6.45) is 6.50. The summed E-state index contributed by atoms with van der Waals surface area (Å²) in [6.45, 7) is 4.94. The van der Waals surface area contributed by atoms with Gasteiger partial charge >= 0.3 is 0 Å². The van der Waals surface area contributed by atoms with Crippen LogP contribution in [0.3, 0.4) is 0 Å². The second-order valence-electron chi connectivity index (χ2n) is 7.91. The zero-order valence-corrected chi connectivity index (χ0v) is 16.8. The Balaban J connectivity index is 1.26. The molecule has 154 valence electrons. The van der Waals surface area contributed by atoms with Crippen molar-refractivity contribution in [2.45, 2.75) is 26.3 Å². The molecule has 4 heterocycles. The van der Waals surface area contributed by atoms with E-state index in [0.29, 0.717) is 30.8 Å². The van der Waals surface area contributed by atoms with Gasteiger partial charge in [0, 0.05) is 38.4 Å². The number of benzene rings is 1. The second-order valence-corrected chi connectivity index (χ2v) is 7.91. The van der Waals surface area contributed by atoms with Gasteiger partial charge < -0.3 is 14.5 Å². The standard InChI is InChI=1S/C22H23N5O3/c1-14(8-15-2-3-19-20(9-15)30-13-29-19)11-27-7-4-17-16(12-27)22(28)26-21(25-17)18-10-23-5-6-24-18/h2-3,5-6,9-10,14H,4,7-8,11-13H2,1H3,(H,25,26,28)/t14-/m0/s1. The van der Waals surface area contributed by atoms with Crippen molar-refractivity contribution in [2.75, 3.05) is 19.9 Å². The van der Waals surface area contributed by atoms with Crippen LogP contribution in [-0.4, -0.2) is 44.7 Å². The molecule has 0 spiro atoms. The van der Waals surface area contributed by atoms with E-state index in [0.717, 1.165) is 48.7 Å². The van der Waals surface area contributed by atoms with Crippen molar-refractivity contribution < 1.29 is 9.47 Å². The lowest BCUT2D eigenvalue weighted by atomic mass is 9.98. The Labute approximate surface area is 173 Å². The van der Waals surface area contributed by atoms with Crippen molar-refractivity contribution >= 4 is 0 Å². The molecule has 1 N–H and O–H groups in total. The van der Waals surface area contributed by atoms with Crippen LogP contribution in [0.25, 0.3) is 11.5 Å². The molecule has 0 saturated heterocycles. The van der Waals surface area contributed by atoms with E-state index in [4.69, 9.17) is 9.47 Å². The number of rotatable bonds is 5. The summed E-state index contributed by atoms with van der Waals surface area (Å²) in [5.74, 6) is 2.56. The number of aromatic nitrogens is 4. The molecule has 0 saturated carbocycles. The molecule has 0 unspecified atom stereocenters. The van der Waals surface area contributed by atoms with Crippen LogP contribution in [0.1, 0.15) is 23.7 Å². The highest BCUT2D eigenvalue weighted by Gasteiger charge is 2.23. The first kappa shape index (κ1) is 18.7. The van der Waals surface area contributed by atoms with E-state index in [1.807, 2.05) is 6.07 Å². The van der Waals surface area contributed by atoms with Gasteiger partial charge in [0.05, 0.1) is 17.5 Å².